The summed E-state index contributed by atoms with van der Waals surface area (Å²) in [5.41, 5.74) is 6.67. The minimum Gasteiger partial charge on any atom is -0.489 e. The Morgan fingerprint density at radius 3 is 2.68 bits per heavy atom. The molecule has 19 heavy (non-hydrogen) atoms. The molecular formula is C14H21NO4. The van der Waals surface area contributed by atoms with E-state index < -0.39 is 5.97 Å². The van der Waals surface area contributed by atoms with Gasteiger partial charge in [0.15, 0.2) is 0 Å². The first-order chi connectivity index (χ1) is 9.04. The number of benzene rings is 1. The second-order valence-corrected chi connectivity index (χ2v) is 4.56. The first-order valence-electron chi connectivity index (χ1n) is 6.23. The molecule has 1 rings (SSSR count). The van der Waals surface area contributed by atoms with E-state index in [1.165, 1.54) is 7.11 Å². The summed E-state index contributed by atoms with van der Waals surface area (Å²) in [5, 5.41) is 0. The predicted molar refractivity (Wildman–Crippen MR) is 73.3 cm³/mol. The smallest absolute Gasteiger partial charge is 0.337 e. The molecule has 106 valence electrons. The van der Waals surface area contributed by atoms with Gasteiger partial charge in [-0.05, 0) is 24.1 Å². The minimum absolute atomic E-state index is 0.390. The topological polar surface area (TPSA) is 70.8 Å². The molecule has 0 atom stereocenters. The molecule has 0 aliphatic carbocycles. The number of hydrogen-bond donors (Lipinski definition) is 1. The van der Waals surface area contributed by atoms with E-state index in [-0.39, 0.29) is 0 Å². The lowest BCUT2D eigenvalue weighted by molar-refractivity contribution is 0.0599. The summed E-state index contributed by atoms with van der Waals surface area (Å²) in [6, 6.07) is 4.80. The molecule has 0 unspecified atom stereocenters. The van der Waals surface area contributed by atoms with Crippen LogP contribution in [0.3, 0.4) is 0 Å². The van der Waals surface area contributed by atoms with Gasteiger partial charge >= 0.3 is 5.97 Å². The van der Waals surface area contributed by atoms with Crippen molar-refractivity contribution in [1.82, 2.24) is 0 Å². The number of methoxy groups -OCH3 is 1. The highest BCUT2D eigenvalue weighted by Crippen LogP contribution is 2.23. The molecule has 0 heterocycles. The Bertz CT molecular complexity index is 418. The Labute approximate surface area is 113 Å². The molecule has 0 spiro atoms. The van der Waals surface area contributed by atoms with E-state index in [4.69, 9.17) is 15.2 Å². The number of esters is 1. The first-order valence-corrected chi connectivity index (χ1v) is 6.23. The second-order valence-electron chi connectivity index (χ2n) is 4.56. The average molecular weight is 267 g/mol. The van der Waals surface area contributed by atoms with Gasteiger partial charge in [0.2, 0.25) is 0 Å². The number of carbonyl (C=O) groups is 1. The summed E-state index contributed by atoms with van der Waals surface area (Å²) in [6.07, 6.45) is 0. The number of anilines is 1. The van der Waals surface area contributed by atoms with Crippen molar-refractivity contribution in [2.45, 2.75) is 13.8 Å². The summed E-state index contributed by atoms with van der Waals surface area (Å²) < 4.78 is 15.5. The number of hydrogen-bond acceptors (Lipinski definition) is 5. The van der Waals surface area contributed by atoms with Crippen molar-refractivity contribution in [2.75, 3.05) is 32.7 Å². The third-order valence-electron chi connectivity index (χ3n) is 2.37. The van der Waals surface area contributed by atoms with E-state index in [0.717, 1.165) is 0 Å². The molecule has 5 heteroatoms. The summed E-state index contributed by atoms with van der Waals surface area (Å²) in [5.74, 6) is 0.546. The third-order valence-corrected chi connectivity index (χ3v) is 2.37. The third kappa shape index (κ3) is 5.18. The molecule has 0 aliphatic heterocycles. The Balaban J connectivity index is 2.50. The molecule has 0 saturated heterocycles. The van der Waals surface area contributed by atoms with Crippen molar-refractivity contribution in [3.8, 4) is 5.75 Å². The van der Waals surface area contributed by atoms with Crippen LogP contribution < -0.4 is 10.5 Å². The van der Waals surface area contributed by atoms with Gasteiger partial charge in [0.25, 0.3) is 0 Å². The Hall–Kier alpha value is -1.75. The summed E-state index contributed by atoms with van der Waals surface area (Å²) in [7, 11) is 1.33. The molecule has 0 aliphatic rings. The summed E-state index contributed by atoms with van der Waals surface area (Å²) in [6.45, 7) is 5.74. The van der Waals surface area contributed by atoms with Gasteiger partial charge in [0.1, 0.15) is 12.4 Å². The van der Waals surface area contributed by atoms with Gasteiger partial charge in [-0.1, -0.05) is 13.8 Å². The van der Waals surface area contributed by atoms with E-state index >= 15 is 0 Å². The molecule has 0 bridgehead atoms. The lowest BCUT2D eigenvalue weighted by atomic mass is 10.2. The zero-order valence-electron chi connectivity index (χ0n) is 11.6. The van der Waals surface area contributed by atoms with Crippen LogP contribution in [-0.2, 0) is 9.47 Å². The summed E-state index contributed by atoms with van der Waals surface area (Å²) >= 11 is 0. The monoisotopic (exact) mass is 267 g/mol. The van der Waals surface area contributed by atoms with Gasteiger partial charge < -0.3 is 19.9 Å². The van der Waals surface area contributed by atoms with Crippen LogP contribution >= 0.6 is 0 Å². The zero-order valence-corrected chi connectivity index (χ0v) is 11.6. The fourth-order valence-electron chi connectivity index (χ4n) is 1.43. The van der Waals surface area contributed by atoms with Crippen LogP contribution in [0.1, 0.15) is 24.2 Å². The van der Waals surface area contributed by atoms with E-state index in [2.05, 4.69) is 18.6 Å². The molecule has 2 N–H and O–H groups in total. The summed E-state index contributed by atoms with van der Waals surface area (Å²) in [4.78, 5) is 11.4. The van der Waals surface area contributed by atoms with Crippen molar-refractivity contribution in [1.29, 1.82) is 0 Å². The lowest BCUT2D eigenvalue weighted by Crippen LogP contribution is -2.11. The zero-order chi connectivity index (χ0) is 14.3. The Morgan fingerprint density at radius 1 is 1.32 bits per heavy atom. The van der Waals surface area contributed by atoms with Gasteiger partial charge in [-0.25, -0.2) is 4.79 Å². The van der Waals surface area contributed by atoms with E-state index in [1.54, 1.807) is 18.2 Å². The SMILES string of the molecule is COC(=O)c1ccc(N)c(OCCOCC(C)C)c1. The fourth-order valence-corrected chi connectivity index (χ4v) is 1.43. The van der Waals surface area contributed by atoms with E-state index in [0.29, 0.717) is 42.7 Å². The molecule has 0 fully saturated rings. The van der Waals surface area contributed by atoms with Crippen LogP contribution in [0, 0.1) is 5.92 Å². The highest BCUT2D eigenvalue weighted by Gasteiger charge is 2.09. The van der Waals surface area contributed by atoms with Gasteiger partial charge in [-0.3, -0.25) is 0 Å². The van der Waals surface area contributed by atoms with Crippen LogP contribution in [0.4, 0.5) is 5.69 Å². The number of rotatable bonds is 7. The second kappa shape index (κ2) is 7.63. The van der Waals surface area contributed by atoms with Crippen molar-refractivity contribution >= 4 is 11.7 Å². The van der Waals surface area contributed by atoms with Crippen molar-refractivity contribution in [3.63, 3.8) is 0 Å². The average Bonchev–Trinajstić information content (AvgIpc) is 2.39. The van der Waals surface area contributed by atoms with Gasteiger partial charge in [-0.2, -0.15) is 0 Å². The standard InChI is InChI=1S/C14H21NO4/c1-10(2)9-18-6-7-19-13-8-11(14(16)17-3)4-5-12(13)15/h4-5,8,10H,6-7,9,15H2,1-3H3. The first kappa shape index (κ1) is 15.3. The van der Waals surface area contributed by atoms with Crippen LogP contribution in [0.25, 0.3) is 0 Å². The van der Waals surface area contributed by atoms with Gasteiger partial charge in [0.05, 0.1) is 25.0 Å². The molecule has 1 aromatic carbocycles. The van der Waals surface area contributed by atoms with Crippen LogP contribution in [0.2, 0.25) is 0 Å². The predicted octanol–water partition coefficient (Wildman–Crippen LogP) is 2.11. The number of ether oxygens (including phenoxy) is 3. The quantitative estimate of drug-likeness (QED) is 0.465. The van der Waals surface area contributed by atoms with Crippen molar-refractivity contribution < 1.29 is 19.0 Å². The molecule has 5 nitrogen and oxygen atoms in total. The maximum Gasteiger partial charge on any atom is 0.337 e. The van der Waals surface area contributed by atoms with E-state index in [1.807, 2.05) is 0 Å². The molecule has 0 amide bonds. The maximum atomic E-state index is 11.4. The highest BCUT2D eigenvalue weighted by atomic mass is 16.5. The Morgan fingerprint density at radius 2 is 2.05 bits per heavy atom. The highest BCUT2D eigenvalue weighted by molar-refractivity contribution is 5.90. The Kier molecular flexibility index (Phi) is 6.15. The minimum atomic E-state index is -0.416. The van der Waals surface area contributed by atoms with Crippen molar-refractivity contribution in [3.05, 3.63) is 23.8 Å². The number of nitrogen functional groups attached to an aromatic ring is 1. The molecule has 1 aromatic rings. The molecule has 0 saturated carbocycles. The van der Waals surface area contributed by atoms with Crippen molar-refractivity contribution in [2.24, 2.45) is 5.92 Å². The van der Waals surface area contributed by atoms with E-state index in [9.17, 15) is 4.79 Å². The van der Waals surface area contributed by atoms with Crippen LogP contribution in [0.15, 0.2) is 18.2 Å². The fraction of sp³-hybridized carbons (Fsp3) is 0.500. The number of carbonyl (C=O) groups excluding carboxylic acids is 1. The molecule has 0 radical (unpaired) electrons. The normalized spacial score (nSPS) is 10.5. The van der Waals surface area contributed by atoms with Crippen LogP contribution in [0.5, 0.6) is 5.75 Å². The van der Waals surface area contributed by atoms with Gasteiger partial charge in [-0.15, -0.1) is 0 Å². The molecular weight excluding hydrogens is 246 g/mol. The van der Waals surface area contributed by atoms with Crippen LogP contribution in [-0.4, -0.2) is 32.9 Å². The van der Waals surface area contributed by atoms with Gasteiger partial charge in [0, 0.05) is 6.61 Å². The lowest BCUT2D eigenvalue weighted by Gasteiger charge is -2.11. The largest absolute Gasteiger partial charge is 0.489 e. The molecule has 0 aromatic heterocycles. The number of nitrogens with two attached hydrogens (primary N) is 1. The maximum absolute atomic E-state index is 11.4.